The zero-order valence-corrected chi connectivity index (χ0v) is 25.3. The van der Waals surface area contributed by atoms with Gasteiger partial charge in [0.05, 0.1) is 21.3 Å². The van der Waals surface area contributed by atoms with Crippen LogP contribution in [0.1, 0.15) is 102 Å². The van der Waals surface area contributed by atoms with Gasteiger partial charge in [-0.15, -0.1) is 0 Å². The number of rotatable bonds is 11. The minimum Gasteiger partial charge on any atom is -0.496 e. The molecule has 0 aliphatic heterocycles. The van der Waals surface area contributed by atoms with Gasteiger partial charge in [0.2, 0.25) is 5.52 Å². The zero-order valence-electron chi connectivity index (χ0n) is 24.3. The lowest BCUT2D eigenvalue weighted by Gasteiger charge is -2.27. The quantitative estimate of drug-likeness (QED) is 0.184. The molecule has 1 unspecified atom stereocenters. The molecule has 3 aromatic carbocycles. The van der Waals surface area contributed by atoms with Crippen molar-refractivity contribution in [3.8, 4) is 17.2 Å². The zero-order chi connectivity index (χ0) is 29.0. The molecule has 0 saturated carbocycles. The van der Waals surface area contributed by atoms with Crippen molar-refractivity contribution in [2.45, 2.75) is 59.3 Å². The molecule has 0 fully saturated rings. The Hall–Kier alpha value is -3.37. The van der Waals surface area contributed by atoms with Crippen molar-refractivity contribution in [2.24, 2.45) is 0 Å². The highest BCUT2D eigenvalue weighted by Crippen LogP contribution is 2.44. The molecular weight excluding hydrogens is 511 g/mol. The number of hydrogen-bond donors (Lipinski definition) is 0. The number of benzene rings is 3. The van der Waals surface area contributed by atoms with Crippen molar-refractivity contribution in [3.05, 3.63) is 81.9 Å². The van der Waals surface area contributed by atoms with Crippen LogP contribution in [0.25, 0.3) is 0 Å². The van der Waals surface area contributed by atoms with Crippen LogP contribution in [-0.4, -0.2) is 32.6 Å². The Balaban J connectivity index is 2.40. The summed E-state index contributed by atoms with van der Waals surface area (Å²) in [6, 6.07) is 14.2. The normalized spacial score (nSPS) is 12.1. The van der Waals surface area contributed by atoms with Gasteiger partial charge in [-0.2, -0.15) is 0 Å². The van der Waals surface area contributed by atoms with E-state index in [0.717, 1.165) is 11.1 Å². The molecule has 208 valence electrons. The van der Waals surface area contributed by atoms with Gasteiger partial charge in [0.15, 0.2) is 13.6 Å². The summed E-state index contributed by atoms with van der Waals surface area (Å²) in [6.07, 6.45) is 0. The summed E-state index contributed by atoms with van der Waals surface area (Å²) in [6.45, 7) is 12.1. The minimum atomic E-state index is -3.15. The summed E-state index contributed by atoms with van der Waals surface area (Å²) in [7, 11) is 1.23. The van der Waals surface area contributed by atoms with Crippen molar-refractivity contribution in [1.29, 1.82) is 0 Å². The lowest BCUT2D eigenvalue weighted by atomic mass is 9.81. The van der Waals surface area contributed by atoms with Crippen molar-refractivity contribution in [2.75, 3.05) is 21.3 Å². The highest BCUT2D eigenvalue weighted by molar-refractivity contribution is 7.71. The molecule has 6 nitrogen and oxygen atoms in total. The molecule has 0 aliphatic carbocycles. The second-order valence-corrected chi connectivity index (χ2v) is 12.1. The Morgan fingerprint density at radius 2 is 1.23 bits per heavy atom. The van der Waals surface area contributed by atoms with Crippen LogP contribution in [0.15, 0.2) is 48.5 Å². The molecule has 0 N–H and O–H groups in total. The fraction of sp³-hybridized carbons (Fsp3) is 0.375. The van der Waals surface area contributed by atoms with Crippen molar-refractivity contribution in [1.82, 2.24) is 0 Å². The van der Waals surface area contributed by atoms with Crippen LogP contribution in [0.3, 0.4) is 0 Å². The molecule has 3 rings (SSSR count). The highest BCUT2D eigenvalue weighted by atomic mass is 31.1. The summed E-state index contributed by atoms with van der Waals surface area (Å²) in [5.41, 5.74) is 2.97. The number of hydrogen-bond acceptors (Lipinski definition) is 6. The van der Waals surface area contributed by atoms with Crippen LogP contribution >= 0.6 is 7.80 Å². The monoisotopic (exact) mass is 550 g/mol. The van der Waals surface area contributed by atoms with Gasteiger partial charge in [-0.25, -0.2) is 0 Å². The smallest absolute Gasteiger partial charge is 0.230 e. The second-order valence-electron chi connectivity index (χ2n) is 10.4. The maximum atomic E-state index is 14.5. The summed E-state index contributed by atoms with van der Waals surface area (Å²) >= 11 is 0. The molecule has 7 heteroatoms. The van der Waals surface area contributed by atoms with E-state index in [2.05, 4.69) is 0 Å². The Morgan fingerprint density at radius 1 is 0.692 bits per heavy atom. The number of ketones is 1. The molecule has 1 atom stereocenters. The van der Waals surface area contributed by atoms with Gasteiger partial charge in [0.1, 0.15) is 22.8 Å². The Morgan fingerprint density at radius 3 is 1.67 bits per heavy atom. The first-order valence-corrected chi connectivity index (χ1v) is 14.6. The van der Waals surface area contributed by atoms with Crippen molar-refractivity contribution >= 4 is 24.4 Å². The van der Waals surface area contributed by atoms with Crippen LogP contribution in [0, 0.1) is 0 Å². The first kappa shape index (κ1) is 30.2. The van der Waals surface area contributed by atoms with E-state index in [9.17, 15) is 14.2 Å². The van der Waals surface area contributed by atoms with E-state index in [4.69, 9.17) is 14.2 Å². The summed E-state index contributed by atoms with van der Waals surface area (Å²) in [4.78, 5) is 28.1. The summed E-state index contributed by atoms with van der Waals surface area (Å²) in [5.74, 6) is 0.579. The lowest BCUT2D eigenvalue weighted by Crippen LogP contribution is -2.25. The number of carbonyl (C=O) groups excluding carboxylic acids is 2. The maximum absolute atomic E-state index is 14.5. The van der Waals surface area contributed by atoms with Crippen LogP contribution in [0.2, 0.25) is 0 Å². The molecule has 3 aromatic rings. The van der Waals surface area contributed by atoms with Gasteiger partial charge in [0, 0.05) is 28.6 Å². The number of ether oxygens (including phenoxy) is 3. The molecule has 0 bridgehead atoms. The molecule has 39 heavy (non-hydrogen) atoms. The molecule has 0 spiro atoms. The molecular formula is C32H39O6P. The largest absolute Gasteiger partial charge is 0.496 e. The van der Waals surface area contributed by atoms with Gasteiger partial charge >= 0.3 is 0 Å². The average molecular weight is 551 g/mol. The predicted molar refractivity (Wildman–Crippen MR) is 158 cm³/mol. The molecule has 0 aliphatic rings. The molecule has 0 aromatic heterocycles. The SMILES string of the molecule is COc1cc(OC)c(C(=O)[PH](=O)c2c(C(C)C)cc(C(C)C)c(C(=O)c3ccccc3)c2C(C)C)c(OC)c1. The van der Waals surface area contributed by atoms with Crippen LogP contribution < -0.4 is 19.5 Å². The molecule has 0 heterocycles. The Kier molecular flexibility index (Phi) is 9.79. The maximum Gasteiger partial charge on any atom is 0.230 e. The van der Waals surface area contributed by atoms with Gasteiger partial charge in [0.25, 0.3) is 0 Å². The molecule has 0 radical (unpaired) electrons. The topological polar surface area (TPSA) is 78.9 Å². The third-order valence-electron chi connectivity index (χ3n) is 6.89. The third-order valence-corrected chi connectivity index (χ3v) is 8.56. The van der Waals surface area contributed by atoms with E-state index < -0.39 is 13.3 Å². The second kappa shape index (κ2) is 12.7. The molecule has 0 amide bonds. The Bertz CT molecular complexity index is 1360. The van der Waals surface area contributed by atoms with E-state index in [0.29, 0.717) is 27.7 Å². The summed E-state index contributed by atoms with van der Waals surface area (Å²) < 4.78 is 30.8. The first-order chi connectivity index (χ1) is 18.5. The van der Waals surface area contributed by atoms with E-state index in [1.165, 1.54) is 21.3 Å². The Labute approximate surface area is 232 Å². The standard InChI is InChI=1S/C32H39O6P/c1-18(2)23-17-24(19(3)4)31(27(20(5)6)28(23)30(33)21-13-11-10-12-14-21)39(35)32(34)29-25(37-8)15-22(36-7)16-26(29)38-9/h10-20,39H,1-9H3. The third kappa shape index (κ3) is 5.96. The van der Waals surface area contributed by atoms with Crippen LogP contribution in [0.4, 0.5) is 0 Å². The number of methoxy groups -OCH3 is 3. The summed E-state index contributed by atoms with van der Waals surface area (Å²) in [5, 5.41) is 0.457. The van der Waals surface area contributed by atoms with E-state index in [1.54, 1.807) is 24.3 Å². The van der Waals surface area contributed by atoms with E-state index in [-0.39, 0.29) is 40.6 Å². The number of carbonyl (C=O) groups is 2. The van der Waals surface area contributed by atoms with Crippen molar-refractivity contribution < 1.29 is 28.4 Å². The van der Waals surface area contributed by atoms with Gasteiger partial charge in [-0.3, -0.25) is 9.59 Å². The van der Waals surface area contributed by atoms with Gasteiger partial charge < -0.3 is 18.8 Å². The highest BCUT2D eigenvalue weighted by Gasteiger charge is 2.34. The van der Waals surface area contributed by atoms with Crippen LogP contribution in [-0.2, 0) is 4.57 Å². The predicted octanol–water partition coefficient (Wildman–Crippen LogP) is 7.34. The van der Waals surface area contributed by atoms with E-state index in [1.807, 2.05) is 65.8 Å². The fourth-order valence-corrected chi connectivity index (χ4v) is 6.91. The van der Waals surface area contributed by atoms with Crippen LogP contribution in [0.5, 0.6) is 17.2 Å². The van der Waals surface area contributed by atoms with Gasteiger partial charge in [-0.05, 0) is 34.4 Å². The van der Waals surface area contributed by atoms with Crippen molar-refractivity contribution in [3.63, 3.8) is 0 Å². The first-order valence-electron chi connectivity index (χ1n) is 13.2. The van der Waals surface area contributed by atoms with Gasteiger partial charge in [-0.1, -0.05) is 77.9 Å². The fourth-order valence-electron chi connectivity index (χ4n) is 4.93. The van der Waals surface area contributed by atoms with E-state index >= 15 is 0 Å². The minimum absolute atomic E-state index is 0.0303. The average Bonchev–Trinajstić information content (AvgIpc) is 2.94. The molecule has 0 saturated heterocycles. The lowest BCUT2D eigenvalue weighted by molar-refractivity contribution is 0.103.